The van der Waals surface area contributed by atoms with E-state index in [0.29, 0.717) is 5.75 Å². The highest BCUT2D eigenvalue weighted by molar-refractivity contribution is 7.91. The van der Waals surface area contributed by atoms with Gasteiger partial charge in [0.15, 0.2) is 0 Å². The van der Waals surface area contributed by atoms with Gasteiger partial charge in [0.1, 0.15) is 9.84 Å². The number of benzene rings is 1. The first kappa shape index (κ1) is 20.2. The summed E-state index contributed by atoms with van der Waals surface area (Å²) in [4.78, 5) is 6.56. The molecule has 1 fully saturated rings. The summed E-state index contributed by atoms with van der Waals surface area (Å²) >= 11 is 0. The predicted octanol–water partition coefficient (Wildman–Crippen LogP) is 3.12. The van der Waals surface area contributed by atoms with Crippen molar-refractivity contribution >= 4 is 20.6 Å². The number of likely N-dealkylation sites (tertiary alicyclic amines) is 1. The molecule has 27 heavy (non-hydrogen) atoms. The zero-order chi connectivity index (χ0) is 19.3. The van der Waals surface area contributed by atoms with Crippen LogP contribution >= 0.6 is 0 Å². The van der Waals surface area contributed by atoms with Crippen LogP contribution in [0.3, 0.4) is 0 Å². The third kappa shape index (κ3) is 5.06. The van der Waals surface area contributed by atoms with Crippen molar-refractivity contribution in [2.45, 2.75) is 44.6 Å². The normalized spacial score (nSPS) is 18.0. The molecule has 0 saturated carbocycles. The monoisotopic (exact) mass is 390 g/mol. The fourth-order valence-electron chi connectivity index (χ4n) is 3.92. The molecule has 6 heteroatoms. The van der Waals surface area contributed by atoms with Crippen molar-refractivity contribution in [3.05, 3.63) is 42.2 Å². The van der Waals surface area contributed by atoms with Gasteiger partial charge in [0.25, 0.3) is 0 Å². The van der Waals surface area contributed by atoms with E-state index < -0.39 is 15.4 Å². The Kier molecular flexibility index (Phi) is 6.50. The van der Waals surface area contributed by atoms with Gasteiger partial charge in [-0.2, -0.15) is 0 Å². The molecule has 1 aromatic heterocycles. The lowest BCUT2D eigenvalue weighted by atomic mass is 9.82. The molecule has 0 atom stereocenters. The average Bonchev–Trinajstić information content (AvgIpc) is 2.69. The van der Waals surface area contributed by atoms with Gasteiger partial charge in [-0.05, 0) is 49.2 Å². The van der Waals surface area contributed by atoms with Crippen LogP contribution in [0.2, 0.25) is 0 Å². The van der Waals surface area contributed by atoms with Crippen molar-refractivity contribution in [1.82, 2.24) is 9.88 Å². The molecule has 1 aromatic carbocycles. The molecular formula is C21H30N2O3S. The van der Waals surface area contributed by atoms with Crippen molar-refractivity contribution in [1.29, 1.82) is 0 Å². The molecular weight excluding hydrogens is 360 g/mol. The number of hydrogen-bond acceptors (Lipinski definition) is 5. The standard InChI is InChI=1S/C21H30N2O3S/c1-2-27(25,26)16-5-3-4-13-23-14-10-21(24,11-15-23)20-8-6-7-18-17-22-12-9-19(18)20/h6-9,12,17,24H,2-5,10-11,13-16H2,1H3. The van der Waals surface area contributed by atoms with Crippen molar-refractivity contribution in [3.63, 3.8) is 0 Å². The molecule has 2 aromatic rings. The van der Waals surface area contributed by atoms with E-state index in [0.717, 1.165) is 68.1 Å². The number of sulfone groups is 1. The van der Waals surface area contributed by atoms with E-state index in [-0.39, 0.29) is 5.75 Å². The number of unbranched alkanes of at least 4 members (excludes halogenated alkanes) is 2. The summed E-state index contributed by atoms with van der Waals surface area (Å²) in [6, 6.07) is 8.04. The van der Waals surface area contributed by atoms with Gasteiger partial charge >= 0.3 is 0 Å². The van der Waals surface area contributed by atoms with E-state index in [1.807, 2.05) is 30.5 Å². The van der Waals surface area contributed by atoms with Gasteiger partial charge in [-0.15, -0.1) is 0 Å². The maximum Gasteiger partial charge on any atom is 0.150 e. The van der Waals surface area contributed by atoms with E-state index in [1.54, 1.807) is 13.1 Å². The molecule has 1 aliphatic heterocycles. The largest absolute Gasteiger partial charge is 0.385 e. The number of hydrogen-bond donors (Lipinski definition) is 1. The lowest BCUT2D eigenvalue weighted by molar-refractivity contribution is -0.0249. The minimum Gasteiger partial charge on any atom is -0.385 e. The maximum absolute atomic E-state index is 11.5. The number of fused-ring (bicyclic) bond motifs is 1. The van der Waals surface area contributed by atoms with Gasteiger partial charge in [0.05, 0.1) is 11.4 Å². The molecule has 1 N–H and O–H groups in total. The third-order valence-electron chi connectivity index (χ3n) is 5.73. The highest BCUT2D eigenvalue weighted by Crippen LogP contribution is 2.36. The second-order valence-electron chi connectivity index (χ2n) is 7.57. The smallest absolute Gasteiger partial charge is 0.150 e. The zero-order valence-corrected chi connectivity index (χ0v) is 16.9. The summed E-state index contributed by atoms with van der Waals surface area (Å²) in [7, 11) is -2.84. The van der Waals surface area contributed by atoms with Crippen LogP contribution in [-0.4, -0.2) is 54.5 Å². The van der Waals surface area contributed by atoms with Gasteiger partial charge in [0.2, 0.25) is 0 Å². The maximum atomic E-state index is 11.5. The first-order valence-electron chi connectivity index (χ1n) is 9.92. The van der Waals surface area contributed by atoms with Gasteiger partial charge in [-0.25, -0.2) is 8.42 Å². The minimum atomic E-state index is -2.84. The lowest BCUT2D eigenvalue weighted by Crippen LogP contribution is -2.43. The second-order valence-corrected chi connectivity index (χ2v) is 10.0. The Hall–Kier alpha value is -1.50. The van der Waals surface area contributed by atoms with Crippen LogP contribution in [-0.2, 0) is 15.4 Å². The quantitative estimate of drug-likeness (QED) is 0.701. The Bertz CT molecular complexity index is 853. The molecule has 2 heterocycles. The molecule has 5 nitrogen and oxygen atoms in total. The fraction of sp³-hybridized carbons (Fsp3) is 0.571. The number of piperidine rings is 1. The number of aromatic nitrogens is 1. The van der Waals surface area contributed by atoms with Gasteiger partial charge in [-0.1, -0.05) is 31.5 Å². The predicted molar refractivity (Wildman–Crippen MR) is 109 cm³/mol. The Morgan fingerprint density at radius 2 is 1.93 bits per heavy atom. The number of aliphatic hydroxyl groups is 1. The molecule has 3 rings (SSSR count). The summed E-state index contributed by atoms with van der Waals surface area (Å²) in [5.41, 5.74) is 0.221. The van der Waals surface area contributed by atoms with Crippen LogP contribution in [0.25, 0.3) is 10.8 Å². The van der Waals surface area contributed by atoms with E-state index in [1.165, 1.54) is 0 Å². The fourth-order valence-corrected chi connectivity index (χ4v) is 4.86. The minimum absolute atomic E-state index is 0.238. The number of nitrogens with zero attached hydrogens (tertiary/aromatic N) is 2. The Morgan fingerprint density at radius 1 is 1.15 bits per heavy atom. The van der Waals surface area contributed by atoms with Crippen molar-refractivity contribution in [2.24, 2.45) is 0 Å². The van der Waals surface area contributed by atoms with Crippen molar-refractivity contribution < 1.29 is 13.5 Å². The van der Waals surface area contributed by atoms with Crippen LogP contribution in [0.5, 0.6) is 0 Å². The Morgan fingerprint density at radius 3 is 2.67 bits per heavy atom. The molecule has 0 amide bonds. The van der Waals surface area contributed by atoms with Gasteiger partial charge < -0.3 is 10.0 Å². The van der Waals surface area contributed by atoms with Crippen LogP contribution in [0, 0.1) is 0 Å². The lowest BCUT2D eigenvalue weighted by Gasteiger charge is -2.39. The molecule has 0 radical (unpaired) electrons. The van der Waals surface area contributed by atoms with Crippen LogP contribution in [0.1, 0.15) is 44.6 Å². The van der Waals surface area contributed by atoms with Gasteiger partial charge in [0, 0.05) is 36.6 Å². The van der Waals surface area contributed by atoms with E-state index >= 15 is 0 Å². The van der Waals surface area contributed by atoms with E-state index in [9.17, 15) is 13.5 Å². The molecule has 1 saturated heterocycles. The zero-order valence-electron chi connectivity index (χ0n) is 16.1. The second kappa shape index (κ2) is 8.67. The summed E-state index contributed by atoms with van der Waals surface area (Å²) in [5, 5.41) is 13.4. The van der Waals surface area contributed by atoms with Crippen LogP contribution in [0.4, 0.5) is 0 Å². The average molecular weight is 391 g/mol. The first-order valence-corrected chi connectivity index (χ1v) is 11.7. The highest BCUT2D eigenvalue weighted by atomic mass is 32.2. The first-order chi connectivity index (χ1) is 12.9. The van der Waals surface area contributed by atoms with E-state index in [4.69, 9.17) is 0 Å². The van der Waals surface area contributed by atoms with Crippen molar-refractivity contribution in [3.8, 4) is 0 Å². The van der Waals surface area contributed by atoms with Crippen molar-refractivity contribution in [2.75, 3.05) is 31.1 Å². The summed E-state index contributed by atoms with van der Waals surface area (Å²) in [6.07, 6.45) is 7.77. The van der Waals surface area contributed by atoms with Crippen LogP contribution in [0.15, 0.2) is 36.7 Å². The third-order valence-corrected chi connectivity index (χ3v) is 7.53. The molecule has 0 bridgehead atoms. The molecule has 1 aliphatic rings. The van der Waals surface area contributed by atoms with Gasteiger partial charge in [-0.3, -0.25) is 4.98 Å². The molecule has 0 spiro atoms. The molecule has 0 aliphatic carbocycles. The molecule has 148 valence electrons. The summed E-state index contributed by atoms with van der Waals surface area (Å²) in [6.45, 7) is 4.41. The topological polar surface area (TPSA) is 70.5 Å². The van der Waals surface area contributed by atoms with E-state index in [2.05, 4.69) is 9.88 Å². The molecule has 0 unspecified atom stereocenters. The van der Waals surface area contributed by atoms with Crippen LogP contribution < -0.4 is 0 Å². The Balaban J connectivity index is 1.51. The highest BCUT2D eigenvalue weighted by Gasteiger charge is 2.34. The number of pyridine rings is 1. The number of rotatable bonds is 8. The summed E-state index contributed by atoms with van der Waals surface area (Å²) in [5.74, 6) is 0.543. The Labute approximate surface area is 162 Å². The summed E-state index contributed by atoms with van der Waals surface area (Å²) < 4.78 is 23.0. The SMILES string of the molecule is CCS(=O)(=O)CCCCCN1CCC(O)(c2cccc3cnccc23)CC1.